The number of nitrogens with zero attached hydrogens (tertiary/aromatic N) is 1. The van der Waals surface area contributed by atoms with Gasteiger partial charge in [-0.3, -0.25) is 14.4 Å². The van der Waals surface area contributed by atoms with Crippen molar-refractivity contribution in [1.82, 2.24) is 10.2 Å². The van der Waals surface area contributed by atoms with Gasteiger partial charge in [0, 0.05) is 24.7 Å². The van der Waals surface area contributed by atoms with Gasteiger partial charge in [0.25, 0.3) is 11.8 Å². The fraction of sp³-hybridized carbons (Fsp3) is 0.423. The molecule has 0 spiro atoms. The van der Waals surface area contributed by atoms with Crippen molar-refractivity contribution in [1.29, 1.82) is 0 Å². The van der Waals surface area contributed by atoms with Crippen molar-refractivity contribution in [2.75, 3.05) is 33.9 Å². The fourth-order valence-corrected chi connectivity index (χ4v) is 4.26. The Bertz CT molecular complexity index is 1010. The van der Waals surface area contributed by atoms with Gasteiger partial charge in [0.05, 0.1) is 19.6 Å². The minimum absolute atomic E-state index is 0.0161. The highest BCUT2D eigenvalue weighted by Crippen LogP contribution is 2.37. The lowest BCUT2D eigenvalue weighted by Gasteiger charge is -2.40. The van der Waals surface area contributed by atoms with Crippen molar-refractivity contribution in [2.24, 2.45) is 0 Å². The lowest BCUT2D eigenvalue weighted by atomic mass is 9.72. The van der Waals surface area contributed by atoms with Gasteiger partial charge in [0.15, 0.2) is 18.1 Å². The van der Waals surface area contributed by atoms with Crippen molar-refractivity contribution < 1.29 is 28.6 Å². The van der Waals surface area contributed by atoms with Gasteiger partial charge in [-0.15, -0.1) is 0 Å². The normalized spacial score (nSPS) is 14.9. The zero-order chi connectivity index (χ0) is 24.7. The second-order valence-corrected chi connectivity index (χ2v) is 8.61. The smallest absolute Gasteiger partial charge is 0.316 e. The highest BCUT2D eigenvalue weighted by molar-refractivity contribution is 5.95. The number of hydrogen-bond acceptors (Lipinski definition) is 6. The quantitative estimate of drug-likeness (QED) is 0.599. The van der Waals surface area contributed by atoms with Gasteiger partial charge in [-0.2, -0.15) is 0 Å². The van der Waals surface area contributed by atoms with Crippen LogP contribution >= 0.6 is 0 Å². The Kier molecular flexibility index (Phi) is 8.15. The van der Waals surface area contributed by atoms with E-state index >= 15 is 0 Å². The molecule has 3 rings (SSSR count). The van der Waals surface area contributed by atoms with Gasteiger partial charge < -0.3 is 24.4 Å². The van der Waals surface area contributed by atoms with Gasteiger partial charge in [0.1, 0.15) is 0 Å². The number of carbonyl (C=O) groups is 3. The molecule has 0 unspecified atom stereocenters. The lowest BCUT2D eigenvalue weighted by Crippen LogP contribution is -2.49. The average molecular weight is 469 g/mol. The number of benzene rings is 2. The average Bonchev–Trinajstić information content (AvgIpc) is 2.86. The first-order chi connectivity index (χ1) is 16.3. The summed E-state index contributed by atoms with van der Waals surface area (Å²) < 4.78 is 16.1. The Morgan fingerprint density at radius 3 is 2.26 bits per heavy atom. The third kappa shape index (κ3) is 5.50. The van der Waals surface area contributed by atoms with Crippen molar-refractivity contribution >= 4 is 17.8 Å². The predicted octanol–water partition coefficient (Wildman–Crippen LogP) is 2.95. The van der Waals surface area contributed by atoms with Crippen LogP contribution in [-0.2, 0) is 19.7 Å². The summed E-state index contributed by atoms with van der Waals surface area (Å²) in [6.07, 6.45) is 0.942. The Morgan fingerprint density at radius 1 is 1.00 bits per heavy atom. The van der Waals surface area contributed by atoms with Crippen LogP contribution in [0.3, 0.4) is 0 Å². The zero-order valence-corrected chi connectivity index (χ0v) is 20.1. The second-order valence-electron chi connectivity index (χ2n) is 8.61. The monoisotopic (exact) mass is 468 g/mol. The van der Waals surface area contributed by atoms with E-state index in [4.69, 9.17) is 14.2 Å². The van der Waals surface area contributed by atoms with Gasteiger partial charge in [0.2, 0.25) is 0 Å². The maximum Gasteiger partial charge on any atom is 0.316 e. The maximum absolute atomic E-state index is 13.2. The molecule has 1 N–H and O–H groups in total. The molecule has 2 aromatic carbocycles. The summed E-state index contributed by atoms with van der Waals surface area (Å²) in [6.45, 7) is 4.42. The molecule has 0 radical (unpaired) electrons. The number of esters is 1. The summed E-state index contributed by atoms with van der Waals surface area (Å²) in [5.41, 5.74) is 0.582. The number of methoxy groups -OCH3 is 2. The molecular weight excluding hydrogens is 436 g/mol. The van der Waals surface area contributed by atoms with Crippen LogP contribution in [0.4, 0.5) is 0 Å². The van der Waals surface area contributed by atoms with E-state index in [0.29, 0.717) is 43.0 Å². The Labute approximate surface area is 200 Å². The van der Waals surface area contributed by atoms with Crippen LogP contribution < -0.4 is 14.8 Å². The molecule has 0 aliphatic carbocycles. The second kappa shape index (κ2) is 11.0. The first kappa shape index (κ1) is 25.1. The molecule has 8 heteroatoms. The van der Waals surface area contributed by atoms with Crippen molar-refractivity contribution in [3.8, 4) is 11.5 Å². The molecule has 182 valence electrons. The van der Waals surface area contributed by atoms with Crippen LogP contribution in [0.15, 0.2) is 48.5 Å². The first-order valence-electron chi connectivity index (χ1n) is 11.3. The summed E-state index contributed by atoms with van der Waals surface area (Å²) in [5.74, 6) is 0.0706. The number of nitrogens with one attached hydrogen (secondary N) is 1. The SMILES string of the molecule is COC(=O)C1(c2ccccc2)CCN(C(=O)c2ccc(OCC(=O)NC(C)C)c(OC)c2)CC1. The molecule has 1 aliphatic rings. The maximum atomic E-state index is 13.2. The van der Waals surface area contributed by atoms with E-state index in [-0.39, 0.29) is 30.4 Å². The minimum atomic E-state index is -0.765. The first-order valence-corrected chi connectivity index (χ1v) is 11.3. The molecule has 2 aromatic rings. The predicted molar refractivity (Wildman–Crippen MR) is 127 cm³/mol. The Hall–Kier alpha value is -3.55. The summed E-state index contributed by atoms with van der Waals surface area (Å²) in [6, 6.07) is 14.5. The van der Waals surface area contributed by atoms with Crippen molar-refractivity contribution in [3.05, 3.63) is 59.7 Å². The number of rotatable bonds is 8. The molecule has 0 saturated carbocycles. The molecule has 2 amide bonds. The molecule has 1 saturated heterocycles. The molecule has 1 fully saturated rings. The van der Waals surface area contributed by atoms with Crippen LogP contribution in [0.25, 0.3) is 0 Å². The number of carbonyl (C=O) groups excluding carboxylic acids is 3. The van der Waals surface area contributed by atoms with E-state index in [1.165, 1.54) is 14.2 Å². The molecule has 0 atom stereocenters. The number of likely N-dealkylation sites (tertiary alicyclic amines) is 1. The Morgan fingerprint density at radius 2 is 1.68 bits per heavy atom. The molecular formula is C26H32N2O6. The molecule has 0 bridgehead atoms. The topological polar surface area (TPSA) is 94.2 Å². The van der Waals surface area contributed by atoms with E-state index in [9.17, 15) is 14.4 Å². The van der Waals surface area contributed by atoms with Gasteiger partial charge in [-0.25, -0.2) is 0 Å². The molecule has 8 nitrogen and oxygen atoms in total. The fourth-order valence-electron chi connectivity index (χ4n) is 4.26. The molecule has 34 heavy (non-hydrogen) atoms. The summed E-state index contributed by atoms with van der Waals surface area (Å²) in [4.78, 5) is 39.5. The summed E-state index contributed by atoms with van der Waals surface area (Å²) in [7, 11) is 2.88. The van der Waals surface area contributed by atoms with Gasteiger partial charge in [-0.1, -0.05) is 30.3 Å². The third-order valence-corrected chi connectivity index (χ3v) is 6.03. The third-order valence-electron chi connectivity index (χ3n) is 6.03. The van der Waals surface area contributed by atoms with E-state index < -0.39 is 5.41 Å². The molecule has 1 aliphatic heterocycles. The van der Waals surface area contributed by atoms with E-state index in [2.05, 4.69) is 5.32 Å². The lowest BCUT2D eigenvalue weighted by molar-refractivity contribution is -0.149. The minimum Gasteiger partial charge on any atom is -0.493 e. The van der Waals surface area contributed by atoms with E-state index in [1.54, 1.807) is 23.1 Å². The largest absolute Gasteiger partial charge is 0.493 e. The number of amides is 2. The number of hydrogen-bond donors (Lipinski definition) is 1. The number of piperidine rings is 1. The van der Waals surface area contributed by atoms with Crippen LogP contribution in [0.1, 0.15) is 42.6 Å². The van der Waals surface area contributed by atoms with Crippen LogP contribution in [0.5, 0.6) is 11.5 Å². The Balaban J connectivity index is 1.70. The van der Waals surface area contributed by atoms with Crippen molar-refractivity contribution in [3.63, 3.8) is 0 Å². The summed E-state index contributed by atoms with van der Waals surface area (Å²) in [5, 5.41) is 2.76. The van der Waals surface area contributed by atoms with Crippen LogP contribution in [0.2, 0.25) is 0 Å². The van der Waals surface area contributed by atoms with Gasteiger partial charge >= 0.3 is 5.97 Å². The standard InChI is InChI=1S/C26H32N2O6/c1-18(2)27-23(29)17-34-21-11-10-19(16-22(21)32-3)24(30)28-14-12-26(13-15-28,25(31)33-4)20-8-6-5-7-9-20/h5-11,16,18H,12-15,17H2,1-4H3,(H,27,29). The number of ether oxygens (including phenoxy) is 3. The highest BCUT2D eigenvalue weighted by atomic mass is 16.5. The molecule has 1 heterocycles. The van der Waals surface area contributed by atoms with Crippen molar-refractivity contribution in [2.45, 2.75) is 38.1 Å². The van der Waals surface area contributed by atoms with Crippen LogP contribution in [0, 0.1) is 0 Å². The zero-order valence-electron chi connectivity index (χ0n) is 20.1. The molecule has 0 aromatic heterocycles. The van der Waals surface area contributed by atoms with Crippen LogP contribution in [-0.4, -0.2) is 62.6 Å². The van der Waals surface area contributed by atoms with E-state index in [1.807, 2.05) is 44.2 Å². The highest BCUT2D eigenvalue weighted by Gasteiger charge is 2.44. The van der Waals surface area contributed by atoms with E-state index in [0.717, 1.165) is 5.56 Å². The summed E-state index contributed by atoms with van der Waals surface area (Å²) >= 11 is 0. The van der Waals surface area contributed by atoms with Gasteiger partial charge in [-0.05, 0) is 50.5 Å².